The molecule has 0 heterocycles. The van der Waals surface area contributed by atoms with Gasteiger partial charge in [0.2, 0.25) is 11.8 Å². The molecule has 0 bridgehead atoms. The molecule has 2 aromatic carbocycles. The molecule has 5 nitrogen and oxygen atoms in total. The summed E-state index contributed by atoms with van der Waals surface area (Å²) in [5.74, 6) is -1.16. The quantitative estimate of drug-likeness (QED) is 0.684. The van der Waals surface area contributed by atoms with Crippen LogP contribution in [-0.2, 0) is 16.0 Å². The number of hydrogen-bond donors (Lipinski definition) is 2. The summed E-state index contributed by atoms with van der Waals surface area (Å²) < 4.78 is 18.7. The number of halogens is 1. The van der Waals surface area contributed by atoms with Gasteiger partial charge in [-0.05, 0) is 24.1 Å². The number of para-hydroxylation sites is 1. The Morgan fingerprint density at radius 3 is 2.44 bits per heavy atom. The molecule has 0 spiro atoms. The Kier molecular flexibility index (Phi) is 6.95. The number of amides is 2. The molecule has 132 valence electrons. The van der Waals surface area contributed by atoms with E-state index >= 15 is 0 Å². The van der Waals surface area contributed by atoms with Gasteiger partial charge >= 0.3 is 0 Å². The molecular formula is C19H21FN2O3. The topological polar surface area (TPSA) is 81.4 Å². The normalized spacial score (nSPS) is 11.6. The first-order chi connectivity index (χ1) is 12.1. The lowest BCUT2D eigenvalue weighted by Gasteiger charge is -2.15. The average molecular weight is 344 g/mol. The van der Waals surface area contributed by atoms with E-state index < -0.39 is 17.8 Å². The lowest BCUT2D eigenvalue weighted by Crippen LogP contribution is -2.45. The van der Waals surface area contributed by atoms with Crippen LogP contribution in [0.3, 0.4) is 0 Å². The van der Waals surface area contributed by atoms with Crippen LogP contribution in [0.1, 0.15) is 18.4 Å². The highest BCUT2D eigenvalue weighted by molar-refractivity contribution is 5.86. The summed E-state index contributed by atoms with van der Waals surface area (Å²) in [4.78, 5) is 23.5. The van der Waals surface area contributed by atoms with Crippen LogP contribution in [0.5, 0.6) is 5.75 Å². The molecule has 0 aliphatic heterocycles. The van der Waals surface area contributed by atoms with Gasteiger partial charge in [0.25, 0.3) is 0 Å². The first-order valence-electron chi connectivity index (χ1n) is 8.06. The molecule has 0 aromatic heterocycles. The Hall–Kier alpha value is -2.89. The van der Waals surface area contributed by atoms with E-state index in [4.69, 9.17) is 10.5 Å². The lowest BCUT2D eigenvalue weighted by molar-refractivity contribution is -0.127. The van der Waals surface area contributed by atoms with E-state index in [1.807, 2.05) is 30.3 Å². The molecule has 25 heavy (non-hydrogen) atoms. The van der Waals surface area contributed by atoms with Crippen LogP contribution in [0.4, 0.5) is 4.39 Å². The van der Waals surface area contributed by atoms with Gasteiger partial charge in [-0.25, -0.2) is 4.39 Å². The fraction of sp³-hybridized carbons (Fsp3) is 0.263. The van der Waals surface area contributed by atoms with E-state index in [9.17, 15) is 14.0 Å². The third-order valence-electron chi connectivity index (χ3n) is 3.60. The summed E-state index contributed by atoms with van der Waals surface area (Å²) in [6.07, 6.45) is 0.900. The number of ether oxygens (including phenoxy) is 1. The van der Waals surface area contributed by atoms with Crippen molar-refractivity contribution >= 4 is 11.8 Å². The largest absolute Gasteiger partial charge is 0.491 e. The first-order valence-corrected chi connectivity index (χ1v) is 8.06. The number of carbonyl (C=O) groups excluding carboxylic acids is 2. The SMILES string of the molecule is NC(=O)[C@H](Cc1ccccc1)NC(=O)CCCOc1ccccc1F. The number of nitrogens with one attached hydrogen (secondary N) is 1. The van der Waals surface area contributed by atoms with Crippen molar-refractivity contribution in [1.29, 1.82) is 0 Å². The lowest BCUT2D eigenvalue weighted by atomic mass is 10.1. The molecule has 2 amide bonds. The van der Waals surface area contributed by atoms with Gasteiger partial charge < -0.3 is 15.8 Å². The molecule has 0 saturated heterocycles. The predicted molar refractivity (Wildman–Crippen MR) is 92.4 cm³/mol. The van der Waals surface area contributed by atoms with Crippen LogP contribution in [-0.4, -0.2) is 24.5 Å². The van der Waals surface area contributed by atoms with Gasteiger partial charge in [-0.1, -0.05) is 42.5 Å². The summed E-state index contributed by atoms with van der Waals surface area (Å²) in [5, 5.41) is 2.63. The van der Waals surface area contributed by atoms with Crippen molar-refractivity contribution in [3.63, 3.8) is 0 Å². The van der Waals surface area contributed by atoms with Crippen LogP contribution in [0.25, 0.3) is 0 Å². The van der Waals surface area contributed by atoms with Crippen molar-refractivity contribution in [2.45, 2.75) is 25.3 Å². The van der Waals surface area contributed by atoms with Gasteiger partial charge in [0.15, 0.2) is 11.6 Å². The maximum atomic E-state index is 13.4. The average Bonchev–Trinajstić information content (AvgIpc) is 2.60. The summed E-state index contributed by atoms with van der Waals surface area (Å²) in [5.41, 5.74) is 6.27. The fourth-order valence-corrected chi connectivity index (χ4v) is 2.32. The second-order valence-electron chi connectivity index (χ2n) is 5.59. The van der Waals surface area contributed by atoms with Gasteiger partial charge in [-0.2, -0.15) is 0 Å². The van der Waals surface area contributed by atoms with Crippen molar-refractivity contribution in [2.75, 3.05) is 6.61 Å². The Morgan fingerprint density at radius 1 is 1.08 bits per heavy atom. The third kappa shape index (κ3) is 6.25. The van der Waals surface area contributed by atoms with Crippen LogP contribution in [0.2, 0.25) is 0 Å². The number of benzene rings is 2. The van der Waals surface area contributed by atoms with Gasteiger partial charge in [-0.3, -0.25) is 9.59 Å². The molecule has 0 saturated carbocycles. The van der Waals surface area contributed by atoms with Gasteiger partial charge in [0.1, 0.15) is 6.04 Å². The Balaban J connectivity index is 1.75. The molecule has 1 atom stereocenters. The fourth-order valence-electron chi connectivity index (χ4n) is 2.32. The number of hydrogen-bond acceptors (Lipinski definition) is 3. The van der Waals surface area contributed by atoms with Gasteiger partial charge in [-0.15, -0.1) is 0 Å². The Morgan fingerprint density at radius 2 is 1.76 bits per heavy atom. The maximum absolute atomic E-state index is 13.4. The second kappa shape index (κ2) is 9.42. The van der Waals surface area contributed by atoms with Gasteiger partial charge in [0, 0.05) is 12.8 Å². The van der Waals surface area contributed by atoms with Crippen LogP contribution >= 0.6 is 0 Å². The minimum absolute atomic E-state index is 0.155. The molecule has 6 heteroatoms. The zero-order valence-electron chi connectivity index (χ0n) is 13.8. The molecule has 0 aliphatic carbocycles. The van der Waals surface area contributed by atoms with E-state index in [2.05, 4.69) is 5.32 Å². The summed E-state index contributed by atoms with van der Waals surface area (Å²) >= 11 is 0. The minimum atomic E-state index is -0.762. The van der Waals surface area contributed by atoms with Crippen molar-refractivity contribution < 1.29 is 18.7 Å². The zero-order chi connectivity index (χ0) is 18.1. The highest BCUT2D eigenvalue weighted by atomic mass is 19.1. The highest BCUT2D eigenvalue weighted by Crippen LogP contribution is 2.15. The van der Waals surface area contributed by atoms with Crippen LogP contribution in [0.15, 0.2) is 54.6 Å². The Labute approximate surface area is 146 Å². The number of primary amides is 1. The van der Waals surface area contributed by atoms with E-state index in [1.165, 1.54) is 12.1 Å². The van der Waals surface area contributed by atoms with Crippen LogP contribution < -0.4 is 15.8 Å². The molecule has 3 N–H and O–H groups in total. The van der Waals surface area contributed by atoms with Crippen molar-refractivity contribution in [1.82, 2.24) is 5.32 Å². The molecule has 0 fully saturated rings. The Bertz CT molecular complexity index is 707. The van der Waals surface area contributed by atoms with E-state index in [1.54, 1.807) is 12.1 Å². The smallest absolute Gasteiger partial charge is 0.240 e. The monoisotopic (exact) mass is 344 g/mol. The standard InChI is InChI=1S/C19H21FN2O3/c20-15-9-4-5-10-17(15)25-12-6-11-18(23)22-16(19(21)24)13-14-7-2-1-3-8-14/h1-5,7-10,16H,6,11-13H2,(H2,21,24)(H,22,23)/t16-/m0/s1. The van der Waals surface area contributed by atoms with E-state index in [-0.39, 0.29) is 24.7 Å². The van der Waals surface area contributed by atoms with E-state index in [0.29, 0.717) is 12.8 Å². The molecular weight excluding hydrogens is 323 g/mol. The minimum Gasteiger partial charge on any atom is -0.491 e. The van der Waals surface area contributed by atoms with Crippen molar-refractivity contribution in [3.8, 4) is 5.75 Å². The van der Waals surface area contributed by atoms with Crippen LogP contribution in [0, 0.1) is 5.82 Å². The summed E-state index contributed by atoms with van der Waals surface area (Å²) in [7, 11) is 0. The molecule has 0 unspecified atom stereocenters. The predicted octanol–water partition coefficient (Wildman–Crippen LogP) is 2.20. The first kappa shape index (κ1) is 18.4. The summed E-state index contributed by atoms with van der Waals surface area (Å²) in [6.45, 7) is 0.203. The second-order valence-corrected chi connectivity index (χ2v) is 5.59. The third-order valence-corrected chi connectivity index (χ3v) is 3.60. The molecule has 2 aromatic rings. The number of rotatable bonds is 9. The molecule has 0 radical (unpaired) electrons. The maximum Gasteiger partial charge on any atom is 0.240 e. The van der Waals surface area contributed by atoms with Crippen molar-refractivity contribution in [2.24, 2.45) is 5.73 Å². The number of nitrogens with two attached hydrogens (primary N) is 1. The zero-order valence-corrected chi connectivity index (χ0v) is 13.8. The number of carbonyl (C=O) groups is 2. The molecule has 2 rings (SSSR count). The van der Waals surface area contributed by atoms with Gasteiger partial charge in [0.05, 0.1) is 6.61 Å². The van der Waals surface area contributed by atoms with Crippen molar-refractivity contribution in [3.05, 3.63) is 66.0 Å². The highest BCUT2D eigenvalue weighted by Gasteiger charge is 2.18. The summed E-state index contributed by atoms with van der Waals surface area (Å²) in [6, 6.07) is 14.6. The molecule has 0 aliphatic rings. The van der Waals surface area contributed by atoms with E-state index in [0.717, 1.165) is 5.56 Å².